The van der Waals surface area contributed by atoms with Crippen molar-refractivity contribution in [2.24, 2.45) is 16.8 Å². The molecule has 1 amide bonds. The molecule has 4 N–H and O–H groups in total. The van der Waals surface area contributed by atoms with Gasteiger partial charge < -0.3 is 21.0 Å². The lowest BCUT2D eigenvalue weighted by Gasteiger charge is -2.17. The summed E-state index contributed by atoms with van der Waals surface area (Å²) in [6, 6.07) is 3.69. The highest BCUT2D eigenvalue weighted by molar-refractivity contribution is 6.05. The third kappa shape index (κ3) is 3.30. The van der Waals surface area contributed by atoms with E-state index in [2.05, 4.69) is 10.5 Å². The molecule has 0 aromatic heterocycles. The molecule has 6 nitrogen and oxygen atoms in total. The molecule has 1 aliphatic rings. The molecule has 1 heterocycles. The zero-order valence-corrected chi connectivity index (χ0v) is 11.7. The highest BCUT2D eigenvalue weighted by Gasteiger charge is 2.33. The van der Waals surface area contributed by atoms with Gasteiger partial charge in [0.05, 0.1) is 17.7 Å². The van der Waals surface area contributed by atoms with Crippen LogP contribution in [-0.4, -0.2) is 29.7 Å². The standard InChI is InChI=1S/C14H18FN3O3/c1-2-12-9(5-6-21-12)14(19)17-11-4-3-8(15)7-10(11)13(16)18-20/h3-4,7,9,12,20H,2,5-6H2,1H3,(H2,16,18)(H,17,19). The second-order valence-corrected chi connectivity index (χ2v) is 4.88. The predicted octanol–water partition coefficient (Wildman–Crippen LogP) is 1.67. The van der Waals surface area contributed by atoms with Crippen LogP contribution in [0, 0.1) is 11.7 Å². The number of nitrogens with two attached hydrogens (primary N) is 1. The number of amides is 1. The molecule has 1 saturated heterocycles. The third-order valence-electron chi connectivity index (χ3n) is 3.57. The number of rotatable bonds is 4. The van der Waals surface area contributed by atoms with E-state index in [1.807, 2.05) is 6.92 Å². The predicted molar refractivity (Wildman–Crippen MR) is 75.7 cm³/mol. The Balaban J connectivity index is 2.21. The topological polar surface area (TPSA) is 96.9 Å². The van der Waals surface area contributed by atoms with Crippen LogP contribution in [-0.2, 0) is 9.53 Å². The van der Waals surface area contributed by atoms with E-state index in [1.54, 1.807) is 0 Å². The molecule has 1 aromatic rings. The van der Waals surface area contributed by atoms with Crippen molar-refractivity contribution in [3.63, 3.8) is 0 Å². The lowest BCUT2D eigenvalue weighted by molar-refractivity contribution is -0.121. The van der Waals surface area contributed by atoms with E-state index < -0.39 is 5.82 Å². The van der Waals surface area contributed by atoms with Crippen LogP contribution >= 0.6 is 0 Å². The Morgan fingerprint density at radius 2 is 2.38 bits per heavy atom. The molecule has 2 atom stereocenters. The minimum atomic E-state index is -0.537. The van der Waals surface area contributed by atoms with Gasteiger partial charge in [0, 0.05) is 12.2 Å². The third-order valence-corrected chi connectivity index (χ3v) is 3.57. The van der Waals surface area contributed by atoms with Crippen molar-refractivity contribution in [1.29, 1.82) is 0 Å². The Bertz CT molecular complexity index is 562. The lowest BCUT2D eigenvalue weighted by Crippen LogP contribution is -2.30. The molecule has 1 aliphatic heterocycles. The van der Waals surface area contributed by atoms with Gasteiger partial charge in [-0.1, -0.05) is 12.1 Å². The number of carbonyl (C=O) groups excluding carboxylic acids is 1. The summed E-state index contributed by atoms with van der Waals surface area (Å²) in [5.41, 5.74) is 5.94. The van der Waals surface area contributed by atoms with Crippen molar-refractivity contribution in [1.82, 2.24) is 0 Å². The van der Waals surface area contributed by atoms with Crippen molar-refractivity contribution >= 4 is 17.4 Å². The van der Waals surface area contributed by atoms with Gasteiger partial charge in [0.15, 0.2) is 5.84 Å². The Morgan fingerprint density at radius 3 is 3.05 bits per heavy atom. The maximum atomic E-state index is 13.3. The highest BCUT2D eigenvalue weighted by atomic mass is 19.1. The first kappa shape index (κ1) is 15.2. The van der Waals surface area contributed by atoms with Crippen molar-refractivity contribution in [3.05, 3.63) is 29.6 Å². The first-order chi connectivity index (χ1) is 10.1. The van der Waals surface area contributed by atoms with Crippen LogP contribution in [0.2, 0.25) is 0 Å². The Morgan fingerprint density at radius 1 is 1.62 bits per heavy atom. The SMILES string of the molecule is CCC1OCCC1C(=O)Nc1ccc(F)cc1/C(N)=N/O. The molecular formula is C14H18FN3O3. The van der Waals surface area contributed by atoms with Crippen LogP contribution in [0.15, 0.2) is 23.4 Å². The normalized spacial score (nSPS) is 22.3. The Labute approximate surface area is 121 Å². The molecule has 0 radical (unpaired) electrons. The van der Waals surface area contributed by atoms with Gasteiger partial charge in [-0.05, 0) is 31.0 Å². The van der Waals surface area contributed by atoms with E-state index in [-0.39, 0.29) is 29.3 Å². The molecule has 2 unspecified atom stereocenters. The van der Waals surface area contributed by atoms with Crippen molar-refractivity contribution < 1.29 is 19.1 Å². The molecule has 0 saturated carbocycles. The number of hydrogen-bond acceptors (Lipinski definition) is 4. The largest absolute Gasteiger partial charge is 0.409 e. The van der Waals surface area contributed by atoms with E-state index in [9.17, 15) is 9.18 Å². The highest BCUT2D eigenvalue weighted by Crippen LogP contribution is 2.26. The molecule has 0 aliphatic carbocycles. The van der Waals surface area contributed by atoms with Crippen LogP contribution < -0.4 is 11.1 Å². The lowest BCUT2D eigenvalue weighted by atomic mass is 9.98. The van der Waals surface area contributed by atoms with Crippen molar-refractivity contribution in [2.75, 3.05) is 11.9 Å². The molecule has 0 bridgehead atoms. The molecule has 1 fully saturated rings. The fraction of sp³-hybridized carbons (Fsp3) is 0.429. The smallest absolute Gasteiger partial charge is 0.230 e. The molecule has 21 heavy (non-hydrogen) atoms. The number of anilines is 1. The number of carbonyl (C=O) groups is 1. The maximum absolute atomic E-state index is 13.3. The average Bonchev–Trinajstić information content (AvgIpc) is 2.96. The number of nitrogens with zero attached hydrogens (tertiary/aromatic N) is 1. The van der Waals surface area contributed by atoms with Gasteiger partial charge in [-0.25, -0.2) is 4.39 Å². The number of amidine groups is 1. The van der Waals surface area contributed by atoms with E-state index in [4.69, 9.17) is 15.7 Å². The number of nitrogens with one attached hydrogen (secondary N) is 1. The summed E-state index contributed by atoms with van der Waals surface area (Å²) in [4.78, 5) is 12.3. The number of oxime groups is 1. The summed E-state index contributed by atoms with van der Waals surface area (Å²) in [5.74, 6) is -1.26. The van der Waals surface area contributed by atoms with E-state index in [0.29, 0.717) is 18.7 Å². The van der Waals surface area contributed by atoms with Gasteiger partial charge in [-0.15, -0.1) is 0 Å². The van der Waals surface area contributed by atoms with E-state index in [1.165, 1.54) is 12.1 Å². The second-order valence-electron chi connectivity index (χ2n) is 4.88. The summed E-state index contributed by atoms with van der Waals surface area (Å²) >= 11 is 0. The van der Waals surface area contributed by atoms with Crippen LogP contribution in [0.1, 0.15) is 25.3 Å². The van der Waals surface area contributed by atoms with E-state index in [0.717, 1.165) is 12.5 Å². The number of benzene rings is 1. The van der Waals surface area contributed by atoms with Gasteiger partial charge in [0.2, 0.25) is 5.91 Å². The molecule has 114 valence electrons. The molecule has 0 spiro atoms. The Hall–Kier alpha value is -2.15. The Kier molecular flexibility index (Phi) is 4.74. The first-order valence-electron chi connectivity index (χ1n) is 6.76. The number of hydrogen-bond donors (Lipinski definition) is 3. The summed E-state index contributed by atoms with van der Waals surface area (Å²) in [7, 11) is 0. The fourth-order valence-corrected chi connectivity index (χ4v) is 2.47. The van der Waals surface area contributed by atoms with E-state index >= 15 is 0 Å². The quantitative estimate of drug-likeness (QED) is 0.341. The van der Waals surface area contributed by atoms with Crippen molar-refractivity contribution in [2.45, 2.75) is 25.9 Å². The van der Waals surface area contributed by atoms with Gasteiger partial charge >= 0.3 is 0 Å². The number of halogens is 1. The second kappa shape index (κ2) is 6.53. The molecule has 2 rings (SSSR count). The number of ether oxygens (including phenoxy) is 1. The van der Waals surface area contributed by atoms with Crippen molar-refractivity contribution in [3.8, 4) is 0 Å². The minimum Gasteiger partial charge on any atom is -0.409 e. The average molecular weight is 295 g/mol. The summed E-state index contributed by atoms with van der Waals surface area (Å²) in [6.07, 6.45) is 1.27. The first-order valence-corrected chi connectivity index (χ1v) is 6.76. The van der Waals surface area contributed by atoms with Crippen LogP contribution in [0.5, 0.6) is 0 Å². The summed E-state index contributed by atoms with van der Waals surface area (Å²) in [6.45, 7) is 2.50. The molecule has 1 aromatic carbocycles. The van der Waals surface area contributed by atoms with Gasteiger partial charge in [-0.2, -0.15) is 0 Å². The molecule has 7 heteroatoms. The fourth-order valence-electron chi connectivity index (χ4n) is 2.47. The zero-order chi connectivity index (χ0) is 15.4. The van der Waals surface area contributed by atoms with Gasteiger partial charge in [0.25, 0.3) is 0 Å². The van der Waals surface area contributed by atoms with Gasteiger partial charge in [0.1, 0.15) is 5.82 Å². The summed E-state index contributed by atoms with van der Waals surface area (Å²) in [5, 5.41) is 14.3. The summed E-state index contributed by atoms with van der Waals surface area (Å²) < 4.78 is 18.8. The molecular weight excluding hydrogens is 277 g/mol. The maximum Gasteiger partial charge on any atom is 0.230 e. The van der Waals surface area contributed by atoms with Crippen LogP contribution in [0.3, 0.4) is 0 Å². The van der Waals surface area contributed by atoms with Crippen LogP contribution in [0.25, 0.3) is 0 Å². The zero-order valence-electron chi connectivity index (χ0n) is 11.7. The van der Waals surface area contributed by atoms with Crippen LogP contribution in [0.4, 0.5) is 10.1 Å². The minimum absolute atomic E-state index is 0.113. The van der Waals surface area contributed by atoms with Gasteiger partial charge in [-0.3, -0.25) is 4.79 Å². The monoisotopic (exact) mass is 295 g/mol.